The second-order valence-corrected chi connectivity index (χ2v) is 4.37. The summed E-state index contributed by atoms with van der Waals surface area (Å²) in [5.74, 6) is 0.629. The maximum absolute atomic E-state index is 10.5. The summed E-state index contributed by atoms with van der Waals surface area (Å²) in [5.41, 5.74) is 0. The van der Waals surface area contributed by atoms with Gasteiger partial charge in [-0.3, -0.25) is 4.90 Å². The standard InChI is InChI=1S/C11H22N2O/c1-4-12-5-6-13(7-8-14)11(9-12)10(2)3/h8,10-11H,4-7,9H2,1-3H3. The second kappa shape index (κ2) is 5.47. The van der Waals surface area contributed by atoms with Gasteiger partial charge in [-0.1, -0.05) is 20.8 Å². The summed E-state index contributed by atoms with van der Waals surface area (Å²) in [6.07, 6.45) is 1.02. The van der Waals surface area contributed by atoms with E-state index in [-0.39, 0.29) is 0 Å². The Kier molecular flexibility index (Phi) is 4.55. The molecule has 0 saturated carbocycles. The molecule has 0 spiro atoms. The molecule has 0 aliphatic carbocycles. The number of hydrogen-bond donors (Lipinski definition) is 0. The lowest BCUT2D eigenvalue weighted by Gasteiger charge is -2.42. The zero-order valence-electron chi connectivity index (χ0n) is 9.57. The summed E-state index contributed by atoms with van der Waals surface area (Å²) in [7, 11) is 0. The van der Waals surface area contributed by atoms with Crippen molar-refractivity contribution in [1.82, 2.24) is 9.80 Å². The van der Waals surface area contributed by atoms with Gasteiger partial charge in [-0.2, -0.15) is 0 Å². The molecule has 3 nitrogen and oxygen atoms in total. The molecule has 0 N–H and O–H groups in total. The summed E-state index contributed by atoms with van der Waals surface area (Å²) in [6, 6.07) is 0.550. The molecule has 14 heavy (non-hydrogen) atoms. The molecule has 1 aliphatic rings. The number of carbonyl (C=O) groups excluding carboxylic acids is 1. The minimum Gasteiger partial charge on any atom is -0.302 e. The molecule has 3 heteroatoms. The largest absolute Gasteiger partial charge is 0.302 e. The van der Waals surface area contributed by atoms with Gasteiger partial charge in [0.05, 0.1) is 6.54 Å². The Morgan fingerprint density at radius 2 is 2.14 bits per heavy atom. The van der Waals surface area contributed by atoms with Crippen LogP contribution in [0.4, 0.5) is 0 Å². The highest BCUT2D eigenvalue weighted by molar-refractivity contribution is 5.52. The molecule has 1 atom stereocenters. The van der Waals surface area contributed by atoms with E-state index in [1.54, 1.807) is 0 Å². The van der Waals surface area contributed by atoms with E-state index in [2.05, 4.69) is 30.6 Å². The first-order valence-electron chi connectivity index (χ1n) is 5.59. The smallest absolute Gasteiger partial charge is 0.133 e. The molecule has 0 aromatic rings. The van der Waals surface area contributed by atoms with Gasteiger partial charge in [0.2, 0.25) is 0 Å². The zero-order valence-corrected chi connectivity index (χ0v) is 9.57. The fourth-order valence-corrected chi connectivity index (χ4v) is 2.15. The Morgan fingerprint density at radius 1 is 1.43 bits per heavy atom. The van der Waals surface area contributed by atoms with Crippen molar-refractivity contribution in [2.75, 3.05) is 32.7 Å². The number of rotatable bonds is 4. The van der Waals surface area contributed by atoms with E-state index >= 15 is 0 Å². The summed E-state index contributed by atoms with van der Waals surface area (Å²) in [4.78, 5) is 15.3. The molecular formula is C11H22N2O. The van der Waals surface area contributed by atoms with Gasteiger partial charge in [-0.05, 0) is 12.5 Å². The lowest BCUT2D eigenvalue weighted by molar-refractivity contribution is -0.110. The average molecular weight is 198 g/mol. The molecule has 0 bridgehead atoms. The monoisotopic (exact) mass is 198 g/mol. The minimum atomic E-state index is 0.550. The molecule has 1 saturated heterocycles. The summed E-state index contributed by atoms with van der Waals surface area (Å²) in [5, 5.41) is 0. The van der Waals surface area contributed by atoms with Crippen molar-refractivity contribution in [2.24, 2.45) is 5.92 Å². The number of hydrogen-bond acceptors (Lipinski definition) is 3. The Hall–Kier alpha value is -0.410. The van der Waals surface area contributed by atoms with Crippen LogP contribution in [-0.4, -0.2) is 54.9 Å². The van der Waals surface area contributed by atoms with Gasteiger partial charge in [-0.25, -0.2) is 0 Å². The predicted octanol–water partition coefficient (Wildman–Crippen LogP) is 0.847. The van der Waals surface area contributed by atoms with Crippen LogP contribution < -0.4 is 0 Å². The Morgan fingerprint density at radius 3 is 2.64 bits per heavy atom. The van der Waals surface area contributed by atoms with Gasteiger partial charge < -0.3 is 9.69 Å². The van der Waals surface area contributed by atoms with Crippen LogP contribution in [0.5, 0.6) is 0 Å². The SMILES string of the molecule is CCN1CCN(CC=O)C(C(C)C)C1. The van der Waals surface area contributed by atoms with Crippen molar-refractivity contribution in [2.45, 2.75) is 26.8 Å². The van der Waals surface area contributed by atoms with Crippen LogP contribution in [-0.2, 0) is 4.79 Å². The predicted molar refractivity (Wildman–Crippen MR) is 58.4 cm³/mol. The van der Waals surface area contributed by atoms with Crippen molar-refractivity contribution in [3.8, 4) is 0 Å². The highest BCUT2D eigenvalue weighted by atomic mass is 16.1. The third-order valence-electron chi connectivity index (χ3n) is 3.14. The summed E-state index contributed by atoms with van der Waals surface area (Å²) < 4.78 is 0. The second-order valence-electron chi connectivity index (χ2n) is 4.37. The third-order valence-corrected chi connectivity index (χ3v) is 3.14. The first-order valence-corrected chi connectivity index (χ1v) is 5.59. The number of carbonyl (C=O) groups is 1. The van der Waals surface area contributed by atoms with Gasteiger partial charge in [0.25, 0.3) is 0 Å². The molecule has 1 unspecified atom stereocenters. The van der Waals surface area contributed by atoms with Crippen LogP contribution in [0.25, 0.3) is 0 Å². The highest BCUT2D eigenvalue weighted by Crippen LogP contribution is 2.16. The van der Waals surface area contributed by atoms with Crippen LogP contribution in [0, 0.1) is 5.92 Å². The molecule has 0 aromatic carbocycles. The number of aldehydes is 1. The molecule has 1 heterocycles. The topological polar surface area (TPSA) is 23.6 Å². The van der Waals surface area contributed by atoms with E-state index in [1.807, 2.05) is 0 Å². The minimum absolute atomic E-state index is 0.550. The average Bonchev–Trinajstić information content (AvgIpc) is 2.18. The fraction of sp³-hybridized carbons (Fsp3) is 0.909. The fourth-order valence-electron chi connectivity index (χ4n) is 2.15. The third kappa shape index (κ3) is 2.79. The maximum Gasteiger partial charge on any atom is 0.133 e. The molecule has 0 radical (unpaired) electrons. The molecule has 82 valence electrons. The van der Waals surface area contributed by atoms with Crippen LogP contribution >= 0.6 is 0 Å². The first kappa shape index (κ1) is 11.7. The number of likely N-dealkylation sites (N-methyl/N-ethyl adjacent to an activating group) is 1. The lowest BCUT2D eigenvalue weighted by Crippen LogP contribution is -2.55. The van der Waals surface area contributed by atoms with E-state index < -0.39 is 0 Å². The Bertz CT molecular complexity index is 182. The maximum atomic E-state index is 10.5. The number of piperazine rings is 1. The van der Waals surface area contributed by atoms with Gasteiger partial charge in [0.1, 0.15) is 6.29 Å². The van der Waals surface area contributed by atoms with Crippen molar-refractivity contribution in [1.29, 1.82) is 0 Å². The molecule has 0 aromatic heterocycles. The van der Waals surface area contributed by atoms with E-state index in [9.17, 15) is 4.79 Å². The van der Waals surface area contributed by atoms with Gasteiger partial charge in [0.15, 0.2) is 0 Å². The van der Waals surface area contributed by atoms with Crippen LogP contribution in [0.1, 0.15) is 20.8 Å². The molecule has 1 aliphatic heterocycles. The summed E-state index contributed by atoms with van der Waals surface area (Å²) >= 11 is 0. The van der Waals surface area contributed by atoms with Crippen molar-refractivity contribution in [3.63, 3.8) is 0 Å². The van der Waals surface area contributed by atoms with Crippen molar-refractivity contribution < 1.29 is 4.79 Å². The first-order chi connectivity index (χ1) is 6.69. The summed E-state index contributed by atoms with van der Waals surface area (Å²) in [6.45, 7) is 11.7. The zero-order chi connectivity index (χ0) is 10.6. The van der Waals surface area contributed by atoms with E-state index in [0.717, 1.165) is 32.5 Å². The van der Waals surface area contributed by atoms with Gasteiger partial charge >= 0.3 is 0 Å². The van der Waals surface area contributed by atoms with Crippen molar-refractivity contribution >= 4 is 6.29 Å². The quantitative estimate of drug-likeness (QED) is 0.626. The molecular weight excluding hydrogens is 176 g/mol. The van der Waals surface area contributed by atoms with Gasteiger partial charge in [0, 0.05) is 25.7 Å². The highest BCUT2D eigenvalue weighted by Gasteiger charge is 2.27. The Balaban J connectivity index is 2.55. The van der Waals surface area contributed by atoms with Crippen LogP contribution in [0.15, 0.2) is 0 Å². The molecule has 1 fully saturated rings. The van der Waals surface area contributed by atoms with E-state index in [4.69, 9.17) is 0 Å². The van der Waals surface area contributed by atoms with Gasteiger partial charge in [-0.15, -0.1) is 0 Å². The number of nitrogens with zero attached hydrogens (tertiary/aromatic N) is 2. The lowest BCUT2D eigenvalue weighted by atomic mass is 9.99. The van der Waals surface area contributed by atoms with E-state index in [0.29, 0.717) is 18.5 Å². The Labute approximate surface area is 87.1 Å². The van der Waals surface area contributed by atoms with Crippen molar-refractivity contribution in [3.05, 3.63) is 0 Å². The van der Waals surface area contributed by atoms with Crippen LogP contribution in [0.2, 0.25) is 0 Å². The van der Waals surface area contributed by atoms with E-state index in [1.165, 1.54) is 0 Å². The molecule has 1 rings (SSSR count). The molecule has 0 amide bonds. The normalized spacial score (nSPS) is 25.6. The van der Waals surface area contributed by atoms with Crippen LogP contribution in [0.3, 0.4) is 0 Å².